The van der Waals surface area contributed by atoms with Crippen molar-refractivity contribution >= 4 is 16.9 Å². The average Bonchev–Trinajstić information content (AvgIpc) is 2.93. The maximum atomic E-state index is 12.9. The highest BCUT2D eigenvalue weighted by Gasteiger charge is 2.33. The molecule has 9 heteroatoms. The number of imidazole rings is 1. The van der Waals surface area contributed by atoms with Gasteiger partial charge in [0.2, 0.25) is 0 Å². The number of hydrogen-bond acceptors (Lipinski definition) is 4. The molecule has 0 aromatic carbocycles. The fraction of sp³-hybridized carbons (Fsp3) is 0.421. The monoisotopic (exact) mass is 391 g/mol. The summed E-state index contributed by atoms with van der Waals surface area (Å²) in [6.07, 6.45) is 0.00364. The molecule has 0 aliphatic carbocycles. The first-order chi connectivity index (χ1) is 13.3. The van der Waals surface area contributed by atoms with Crippen molar-refractivity contribution in [3.05, 3.63) is 52.8 Å². The third kappa shape index (κ3) is 3.36. The number of alkyl halides is 3. The summed E-state index contributed by atoms with van der Waals surface area (Å²) < 4.78 is 41.9. The molecule has 0 saturated carbocycles. The molecular formula is C19H20F3N5O. The number of rotatable bonds is 3. The molecule has 1 saturated heterocycles. The highest BCUT2D eigenvalue weighted by molar-refractivity contribution is 5.71. The second-order valence-electron chi connectivity index (χ2n) is 7.13. The van der Waals surface area contributed by atoms with Gasteiger partial charge in [-0.2, -0.15) is 13.2 Å². The molecule has 0 atom stereocenters. The number of anilines is 1. The van der Waals surface area contributed by atoms with Crippen molar-refractivity contribution in [3.8, 4) is 0 Å². The van der Waals surface area contributed by atoms with Gasteiger partial charge >= 0.3 is 11.9 Å². The van der Waals surface area contributed by atoms with Gasteiger partial charge in [0.1, 0.15) is 5.69 Å². The Morgan fingerprint density at radius 3 is 2.61 bits per heavy atom. The lowest BCUT2D eigenvalue weighted by atomic mass is 9.96. The summed E-state index contributed by atoms with van der Waals surface area (Å²) >= 11 is 0. The second-order valence-corrected chi connectivity index (χ2v) is 7.13. The second kappa shape index (κ2) is 6.96. The predicted octanol–water partition coefficient (Wildman–Crippen LogP) is 3.07. The molecule has 28 heavy (non-hydrogen) atoms. The predicted molar refractivity (Wildman–Crippen MR) is 99.2 cm³/mol. The molecule has 0 amide bonds. The Bertz CT molecular complexity index is 1050. The highest BCUT2D eigenvalue weighted by atomic mass is 19.4. The Morgan fingerprint density at radius 1 is 1.14 bits per heavy atom. The van der Waals surface area contributed by atoms with Crippen LogP contribution < -0.4 is 10.6 Å². The van der Waals surface area contributed by atoms with Crippen LogP contribution in [-0.4, -0.2) is 32.2 Å². The molecule has 3 aromatic heterocycles. The van der Waals surface area contributed by atoms with Crippen LogP contribution in [0.15, 0.2) is 41.5 Å². The number of nitrogens with zero attached hydrogens (tertiary/aromatic N) is 5. The summed E-state index contributed by atoms with van der Waals surface area (Å²) in [6, 6.07) is 6.37. The lowest BCUT2D eigenvalue weighted by Gasteiger charge is -2.33. The number of hydrogen-bond donors (Lipinski definition) is 0. The lowest BCUT2D eigenvalue weighted by molar-refractivity contribution is -0.141. The molecule has 1 aliphatic heterocycles. The smallest absolute Gasteiger partial charge is 0.371 e. The quantitative estimate of drug-likeness (QED) is 0.689. The Balaban J connectivity index is 1.47. The molecule has 4 heterocycles. The molecule has 0 bridgehead atoms. The topological polar surface area (TPSA) is 56.0 Å². The van der Waals surface area contributed by atoms with Gasteiger partial charge in [0.25, 0.3) is 0 Å². The van der Waals surface area contributed by atoms with Crippen LogP contribution in [0, 0.1) is 5.92 Å². The van der Waals surface area contributed by atoms with Crippen molar-refractivity contribution in [1.82, 2.24) is 19.1 Å². The van der Waals surface area contributed by atoms with Crippen LogP contribution in [0.2, 0.25) is 0 Å². The molecular weight excluding hydrogens is 371 g/mol. The molecule has 6 nitrogen and oxygen atoms in total. The number of piperidine rings is 1. The van der Waals surface area contributed by atoms with E-state index in [4.69, 9.17) is 0 Å². The van der Waals surface area contributed by atoms with Gasteiger partial charge in [0.15, 0.2) is 5.65 Å². The van der Waals surface area contributed by atoms with E-state index in [9.17, 15) is 18.0 Å². The van der Waals surface area contributed by atoms with E-state index in [1.807, 2.05) is 11.0 Å². The fourth-order valence-corrected chi connectivity index (χ4v) is 3.80. The number of halogens is 3. The van der Waals surface area contributed by atoms with Crippen molar-refractivity contribution in [2.24, 2.45) is 13.0 Å². The lowest BCUT2D eigenvalue weighted by Crippen LogP contribution is -2.36. The summed E-state index contributed by atoms with van der Waals surface area (Å²) in [5.74, 6) is 0.269. The zero-order valence-electron chi connectivity index (χ0n) is 15.4. The van der Waals surface area contributed by atoms with E-state index in [0.717, 1.165) is 24.4 Å². The third-order valence-corrected chi connectivity index (χ3v) is 5.36. The Hall–Kier alpha value is -2.84. The van der Waals surface area contributed by atoms with Crippen LogP contribution in [0.5, 0.6) is 0 Å². The molecule has 0 N–H and O–H groups in total. The molecule has 4 rings (SSSR count). The summed E-state index contributed by atoms with van der Waals surface area (Å²) in [7, 11) is 1.73. The van der Waals surface area contributed by atoms with Crippen molar-refractivity contribution in [2.45, 2.75) is 25.6 Å². The van der Waals surface area contributed by atoms with Crippen LogP contribution in [0.25, 0.3) is 11.2 Å². The summed E-state index contributed by atoms with van der Waals surface area (Å²) in [5.41, 5.74) is 1.02. The van der Waals surface area contributed by atoms with Crippen LogP contribution in [-0.2, 0) is 19.8 Å². The molecule has 0 unspecified atom stereocenters. The summed E-state index contributed by atoms with van der Waals surface area (Å²) in [6.45, 7) is 1.84. The van der Waals surface area contributed by atoms with E-state index in [1.54, 1.807) is 34.5 Å². The largest absolute Gasteiger partial charge is 0.433 e. The maximum Gasteiger partial charge on any atom is 0.433 e. The number of aryl methyl sites for hydroxylation is 1. The standard InChI is InChI=1S/C19H20F3N5O/c1-25-15-3-2-7-24-17(15)27(18(25)28)12-13-5-9-26(10-6-13)14-4-8-23-16(11-14)19(20,21)22/h2-4,7-8,11,13H,5-6,9-10,12H2,1H3. The van der Waals surface area contributed by atoms with Gasteiger partial charge in [-0.15, -0.1) is 0 Å². The van der Waals surface area contributed by atoms with Gasteiger partial charge in [-0.3, -0.25) is 14.1 Å². The van der Waals surface area contributed by atoms with Crippen molar-refractivity contribution in [1.29, 1.82) is 0 Å². The molecule has 3 aromatic rings. The van der Waals surface area contributed by atoms with E-state index in [1.165, 1.54) is 6.20 Å². The van der Waals surface area contributed by atoms with Crippen LogP contribution in [0.3, 0.4) is 0 Å². The van der Waals surface area contributed by atoms with Crippen LogP contribution >= 0.6 is 0 Å². The van der Waals surface area contributed by atoms with E-state index in [2.05, 4.69) is 9.97 Å². The zero-order valence-corrected chi connectivity index (χ0v) is 15.4. The molecule has 148 valence electrons. The fourth-order valence-electron chi connectivity index (χ4n) is 3.80. The van der Waals surface area contributed by atoms with Gasteiger partial charge in [0, 0.05) is 44.8 Å². The Morgan fingerprint density at radius 2 is 1.89 bits per heavy atom. The van der Waals surface area contributed by atoms with Crippen LogP contribution in [0.1, 0.15) is 18.5 Å². The number of fused-ring (bicyclic) bond motifs is 1. The van der Waals surface area contributed by atoms with Gasteiger partial charge in [-0.05, 0) is 43.0 Å². The molecule has 0 spiro atoms. The molecule has 0 radical (unpaired) electrons. The van der Waals surface area contributed by atoms with Crippen molar-refractivity contribution in [3.63, 3.8) is 0 Å². The first-order valence-electron chi connectivity index (χ1n) is 9.13. The summed E-state index contributed by atoms with van der Waals surface area (Å²) in [5, 5.41) is 0. The molecule has 1 fully saturated rings. The van der Waals surface area contributed by atoms with E-state index >= 15 is 0 Å². The maximum absolute atomic E-state index is 12.9. The van der Waals surface area contributed by atoms with E-state index in [-0.39, 0.29) is 11.6 Å². The normalized spacial score (nSPS) is 16.1. The van der Waals surface area contributed by atoms with Gasteiger partial charge < -0.3 is 4.90 Å². The van der Waals surface area contributed by atoms with Crippen LogP contribution in [0.4, 0.5) is 18.9 Å². The minimum Gasteiger partial charge on any atom is -0.371 e. The summed E-state index contributed by atoms with van der Waals surface area (Å²) in [4.78, 5) is 22.2. The van der Waals surface area contributed by atoms with E-state index in [0.29, 0.717) is 31.0 Å². The minimum absolute atomic E-state index is 0.0971. The average molecular weight is 391 g/mol. The van der Waals surface area contributed by atoms with E-state index < -0.39 is 11.9 Å². The van der Waals surface area contributed by atoms with Crippen molar-refractivity contribution in [2.75, 3.05) is 18.0 Å². The zero-order chi connectivity index (χ0) is 19.9. The highest BCUT2D eigenvalue weighted by Crippen LogP contribution is 2.31. The van der Waals surface area contributed by atoms with Gasteiger partial charge in [-0.25, -0.2) is 9.78 Å². The molecule has 1 aliphatic rings. The minimum atomic E-state index is -4.45. The number of pyridine rings is 2. The van der Waals surface area contributed by atoms with Gasteiger partial charge in [-0.1, -0.05) is 0 Å². The number of aromatic nitrogens is 4. The Labute approximate surface area is 159 Å². The Kier molecular flexibility index (Phi) is 4.60. The first-order valence-corrected chi connectivity index (χ1v) is 9.13. The van der Waals surface area contributed by atoms with Crippen molar-refractivity contribution < 1.29 is 13.2 Å². The first kappa shape index (κ1) is 18.5. The van der Waals surface area contributed by atoms with Gasteiger partial charge in [0.05, 0.1) is 5.52 Å². The third-order valence-electron chi connectivity index (χ3n) is 5.36. The SMILES string of the molecule is Cn1c(=O)n(CC2CCN(c3ccnc(C(F)(F)F)c3)CC2)c2ncccc21.